The molecule has 4 rings (SSSR count). The van der Waals surface area contributed by atoms with Gasteiger partial charge < -0.3 is 23.9 Å². The maximum atomic E-state index is 13.3. The Morgan fingerprint density at radius 3 is 2.41 bits per heavy atom. The average molecular weight is 437 g/mol. The van der Waals surface area contributed by atoms with Crippen LogP contribution in [0, 0.1) is 5.82 Å². The van der Waals surface area contributed by atoms with Gasteiger partial charge in [-0.25, -0.2) is 4.39 Å². The van der Waals surface area contributed by atoms with Crippen LogP contribution >= 0.6 is 0 Å². The first-order valence-corrected chi connectivity index (χ1v) is 9.73. The molecule has 1 aliphatic heterocycles. The van der Waals surface area contributed by atoms with E-state index in [-0.39, 0.29) is 23.4 Å². The molecule has 1 saturated heterocycles. The second-order valence-corrected chi connectivity index (χ2v) is 7.14. The highest BCUT2D eigenvalue weighted by atomic mass is 19.1. The standard InChI is InChI=1S/C24H20FNO6/c1-30-17-10-7-15(12-19(17)31-2)22(27)20-21(18-4-3-11-32-18)26(24(29)23(20)28)13-14-5-8-16(25)9-6-14/h3-12,21,27H,13H2,1-2H3/b22-20-. The molecule has 1 aromatic heterocycles. The Morgan fingerprint density at radius 2 is 1.78 bits per heavy atom. The highest BCUT2D eigenvalue weighted by molar-refractivity contribution is 6.46. The van der Waals surface area contributed by atoms with Crippen LogP contribution in [0.2, 0.25) is 0 Å². The molecule has 1 atom stereocenters. The summed E-state index contributed by atoms with van der Waals surface area (Å²) in [6.07, 6.45) is 1.42. The Labute approximate surface area is 183 Å². The molecule has 1 fully saturated rings. The molecule has 2 heterocycles. The number of carbonyl (C=O) groups excluding carboxylic acids is 2. The molecule has 1 unspecified atom stereocenters. The molecule has 164 valence electrons. The number of ketones is 1. The van der Waals surface area contributed by atoms with Crippen molar-refractivity contribution in [2.24, 2.45) is 0 Å². The molecule has 0 saturated carbocycles. The van der Waals surface area contributed by atoms with Gasteiger partial charge in [-0.2, -0.15) is 0 Å². The minimum absolute atomic E-state index is 0.0267. The highest BCUT2D eigenvalue weighted by Gasteiger charge is 2.47. The second-order valence-electron chi connectivity index (χ2n) is 7.14. The Morgan fingerprint density at radius 1 is 1.06 bits per heavy atom. The summed E-state index contributed by atoms with van der Waals surface area (Å²) in [5, 5.41) is 11.1. The van der Waals surface area contributed by atoms with E-state index in [0.717, 1.165) is 0 Å². The van der Waals surface area contributed by atoms with E-state index in [0.29, 0.717) is 22.8 Å². The normalized spacial score (nSPS) is 17.6. The van der Waals surface area contributed by atoms with Crippen molar-refractivity contribution >= 4 is 17.4 Å². The third kappa shape index (κ3) is 3.71. The lowest BCUT2D eigenvalue weighted by Crippen LogP contribution is -2.29. The van der Waals surface area contributed by atoms with Crippen LogP contribution in [0.3, 0.4) is 0 Å². The summed E-state index contributed by atoms with van der Waals surface area (Å²) in [5.74, 6) is -1.30. The maximum Gasteiger partial charge on any atom is 0.296 e. The Balaban J connectivity index is 1.82. The number of halogens is 1. The first-order chi connectivity index (χ1) is 15.4. The molecule has 1 aliphatic rings. The summed E-state index contributed by atoms with van der Waals surface area (Å²) in [5.41, 5.74) is 0.786. The van der Waals surface area contributed by atoms with Crippen LogP contribution in [0.15, 0.2) is 70.9 Å². The fourth-order valence-corrected chi connectivity index (χ4v) is 3.71. The van der Waals surface area contributed by atoms with Crippen molar-refractivity contribution < 1.29 is 33.0 Å². The summed E-state index contributed by atoms with van der Waals surface area (Å²) in [6, 6.07) is 12.6. The molecule has 3 aromatic rings. The Bertz CT molecular complexity index is 1180. The zero-order chi connectivity index (χ0) is 22.8. The van der Waals surface area contributed by atoms with Crippen molar-refractivity contribution in [3.05, 3.63) is 89.1 Å². The van der Waals surface area contributed by atoms with E-state index in [1.165, 1.54) is 55.7 Å². The molecular formula is C24H20FNO6. The van der Waals surface area contributed by atoms with Gasteiger partial charge in [0, 0.05) is 12.1 Å². The highest BCUT2D eigenvalue weighted by Crippen LogP contribution is 2.41. The molecule has 0 radical (unpaired) electrons. The third-order valence-corrected chi connectivity index (χ3v) is 5.28. The number of nitrogens with zero attached hydrogens (tertiary/aromatic N) is 1. The van der Waals surface area contributed by atoms with Crippen LogP contribution in [0.1, 0.15) is 22.9 Å². The van der Waals surface area contributed by atoms with E-state index in [1.54, 1.807) is 24.3 Å². The van der Waals surface area contributed by atoms with Crippen LogP contribution < -0.4 is 9.47 Å². The van der Waals surface area contributed by atoms with Crippen LogP contribution in [-0.4, -0.2) is 35.9 Å². The van der Waals surface area contributed by atoms with Crippen molar-refractivity contribution in [3.8, 4) is 11.5 Å². The zero-order valence-electron chi connectivity index (χ0n) is 17.4. The molecule has 7 nitrogen and oxygen atoms in total. The number of aliphatic hydroxyl groups excluding tert-OH is 1. The van der Waals surface area contributed by atoms with Crippen LogP contribution in [0.4, 0.5) is 4.39 Å². The average Bonchev–Trinajstić information content (AvgIpc) is 3.42. The van der Waals surface area contributed by atoms with Crippen LogP contribution in [-0.2, 0) is 16.1 Å². The SMILES string of the molecule is COc1ccc(/C(O)=C2/C(=O)C(=O)N(Cc3ccc(F)cc3)C2c2ccco2)cc1OC. The largest absolute Gasteiger partial charge is 0.507 e. The monoisotopic (exact) mass is 437 g/mol. The first-order valence-electron chi connectivity index (χ1n) is 9.73. The number of ether oxygens (including phenoxy) is 2. The van der Waals surface area contributed by atoms with Gasteiger partial charge in [-0.05, 0) is 48.0 Å². The molecule has 8 heteroatoms. The van der Waals surface area contributed by atoms with Gasteiger partial charge in [0.25, 0.3) is 11.7 Å². The van der Waals surface area contributed by atoms with Crippen molar-refractivity contribution in [3.63, 3.8) is 0 Å². The first kappa shape index (κ1) is 21.2. The van der Waals surface area contributed by atoms with Gasteiger partial charge in [-0.15, -0.1) is 0 Å². The number of furan rings is 1. The number of hydrogen-bond acceptors (Lipinski definition) is 6. The maximum absolute atomic E-state index is 13.3. The fourth-order valence-electron chi connectivity index (χ4n) is 3.71. The number of amides is 1. The van der Waals surface area contributed by atoms with Gasteiger partial charge in [0.15, 0.2) is 11.5 Å². The fraction of sp³-hybridized carbons (Fsp3) is 0.167. The third-order valence-electron chi connectivity index (χ3n) is 5.28. The molecule has 0 spiro atoms. The predicted molar refractivity (Wildman–Crippen MR) is 113 cm³/mol. The summed E-state index contributed by atoms with van der Waals surface area (Å²) in [4.78, 5) is 27.2. The molecule has 1 amide bonds. The van der Waals surface area contributed by atoms with E-state index in [4.69, 9.17) is 13.9 Å². The summed E-state index contributed by atoms with van der Waals surface area (Å²) < 4.78 is 29.3. The molecule has 32 heavy (non-hydrogen) atoms. The number of Topliss-reactive ketones (excluding diaryl/α,β-unsaturated/α-hetero) is 1. The van der Waals surface area contributed by atoms with Gasteiger partial charge in [-0.1, -0.05) is 12.1 Å². The lowest BCUT2D eigenvalue weighted by molar-refractivity contribution is -0.140. The van der Waals surface area contributed by atoms with E-state index < -0.39 is 23.5 Å². The number of carbonyl (C=O) groups is 2. The van der Waals surface area contributed by atoms with Crippen molar-refractivity contribution in [2.45, 2.75) is 12.6 Å². The van der Waals surface area contributed by atoms with E-state index >= 15 is 0 Å². The van der Waals surface area contributed by atoms with Crippen molar-refractivity contribution in [1.29, 1.82) is 0 Å². The number of aliphatic hydroxyl groups is 1. The number of methoxy groups -OCH3 is 2. The number of hydrogen-bond donors (Lipinski definition) is 1. The van der Waals surface area contributed by atoms with Gasteiger partial charge in [0.05, 0.1) is 26.1 Å². The summed E-state index contributed by atoms with van der Waals surface area (Å²) in [7, 11) is 2.93. The smallest absolute Gasteiger partial charge is 0.296 e. The topological polar surface area (TPSA) is 89.2 Å². The van der Waals surface area contributed by atoms with Gasteiger partial charge in [-0.3, -0.25) is 9.59 Å². The predicted octanol–water partition coefficient (Wildman–Crippen LogP) is 4.06. The van der Waals surface area contributed by atoms with Gasteiger partial charge >= 0.3 is 0 Å². The van der Waals surface area contributed by atoms with Crippen molar-refractivity contribution in [2.75, 3.05) is 14.2 Å². The van der Waals surface area contributed by atoms with Crippen molar-refractivity contribution in [1.82, 2.24) is 4.90 Å². The van der Waals surface area contributed by atoms with E-state index in [9.17, 15) is 19.1 Å². The molecule has 0 bridgehead atoms. The van der Waals surface area contributed by atoms with E-state index in [2.05, 4.69) is 0 Å². The summed E-state index contributed by atoms with van der Waals surface area (Å²) >= 11 is 0. The minimum atomic E-state index is -0.955. The van der Waals surface area contributed by atoms with Crippen LogP contribution in [0.5, 0.6) is 11.5 Å². The Kier molecular flexibility index (Phi) is 5.68. The quantitative estimate of drug-likeness (QED) is 0.355. The second kappa shape index (κ2) is 8.58. The van der Waals surface area contributed by atoms with E-state index in [1.807, 2.05) is 0 Å². The number of benzene rings is 2. The van der Waals surface area contributed by atoms with Gasteiger partial charge in [0.1, 0.15) is 23.4 Å². The summed E-state index contributed by atoms with van der Waals surface area (Å²) in [6.45, 7) is 0.0267. The lowest BCUT2D eigenvalue weighted by atomic mass is 9.99. The number of rotatable bonds is 6. The van der Waals surface area contributed by atoms with Crippen LogP contribution in [0.25, 0.3) is 5.76 Å². The molecule has 1 N–H and O–H groups in total. The Hall–Kier alpha value is -4.07. The molecule has 2 aromatic carbocycles. The van der Waals surface area contributed by atoms with Gasteiger partial charge in [0.2, 0.25) is 0 Å². The minimum Gasteiger partial charge on any atom is -0.507 e. The molecular weight excluding hydrogens is 417 g/mol. The lowest BCUT2D eigenvalue weighted by Gasteiger charge is -2.23. The zero-order valence-corrected chi connectivity index (χ0v) is 17.4. The number of likely N-dealkylation sites (tertiary alicyclic amines) is 1. The molecule has 0 aliphatic carbocycles.